The van der Waals surface area contributed by atoms with Crippen molar-refractivity contribution >= 4 is 5.97 Å². The van der Waals surface area contributed by atoms with Gasteiger partial charge in [0.2, 0.25) is 0 Å². The van der Waals surface area contributed by atoms with Crippen LogP contribution in [0.4, 0.5) is 0 Å². The van der Waals surface area contributed by atoms with Gasteiger partial charge in [-0.05, 0) is 25.8 Å². The summed E-state index contributed by atoms with van der Waals surface area (Å²) in [6.45, 7) is 5.60. The van der Waals surface area contributed by atoms with E-state index in [1.165, 1.54) is 0 Å². The summed E-state index contributed by atoms with van der Waals surface area (Å²) in [7, 11) is 0. The van der Waals surface area contributed by atoms with Crippen molar-refractivity contribution < 1.29 is 14.3 Å². The molecule has 4 heteroatoms. The fraction of sp³-hybridized carbons (Fsp3) is 0.909. The van der Waals surface area contributed by atoms with Crippen molar-refractivity contribution in [1.29, 1.82) is 0 Å². The molecule has 0 atom stereocenters. The smallest absolute Gasteiger partial charge is 0.309 e. The molecule has 0 aliphatic heterocycles. The highest BCUT2D eigenvalue weighted by Gasteiger charge is 2.30. The van der Waals surface area contributed by atoms with Crippen LogP contribution in [0.1, 0.15) is 26.2 Å². The third kappa shape index (κ3) is 6.47. The molecule has 0 saturated heterocycles. The second-order valence-electron chi connectivity index (χ2n) is 3.80. The van der Waals surface area contributed by atoms with Gasteiger partial charge in [0.1, 0.15) is 6.61 Å². The largest absolute Gasteiger partial charge is 0.463 e. The average molecular weight is 215 g/mol. The zero-order valence-electron chi connectivity index (χ0n) is 9.46. The fourth-order valence-corrected chi connectivity index (χ4v) is 1.19. The Morgan fingerprint density at radius 1 is 1.27 bits per heavy atom. The molecule has 0 aromatic carbocycles. The molecule has 0 spiro atoms. The van der Waals surface area contributed by atoms with Crippen LogP contribution in [0.15, 0.2) is 0 Å². The van der Waals surface area contributed by atoms with Gasteiger partial charge in [0.05, 0.1) is 19.1 Å². The monoisotopic (exact) mass is 215 g/mol. The predicted molar refractivity (Wildman–Crippen MR) is 57.7 cm³/mol. The van der Waals surface area contributed by atoms with Crippen LogP contribution in [0.2, 0.25) is 0 Å². The number of carbonyl (C=O) groups is 1. The standard InChI is InChI=1S/C11H21NO3/c1-2-5-12-6-7-14-8-9-15-11(13)10-3-4-10/h10,12H,2-9H2,1H3. The van der Waals surface area contributed by atoms with E-state index in [0.717, 1.165) is 32.4 Å². The van der Waals surface area contributed by atoms with Gasteiger partial charge in [-0.2, -0.15) is 0 Å². The molecule has 1 fully saturated rings. The van der Waals surface area contributed by atoms with Crippen molar-refractivity contribution in [3.63, 3.8) is 0 Å². The second-order valence-corrected chi connectivity index (χ2v) is 3.80. The second kappa shape index (κ2) is 7.65. The molecular formula is C11H21NO3. The predicted octanol–water partition coefficient (Wildman–Crippen LogP) is 0.956. The van der Waals surface area contributed by atoms with Crippen LogP contribution < -0.4 is 5.32 Å². The van der Waals surface area contributed by atoms with Gasteiger partial charge in [-0.15, -0.1) is 0 Å². The first kappa shape index (κ1) is 12.5. The van der Waals surface area contributed by atoms with Gasteiger partial charge in [-0.1, -0.05) is 6.92 Å². The van der Waals surface area contributed by atoms with Gasteiger partial charge < -0.3 is 14.8 Å². The molecule has 0 amide bonds. The van der Waals surface area contributed by atoms with E-state index in [1.54, 1.807) is 0 Å². The summed E-state index contributed by atoms with van der Waals surface area (Å²) in [5.74, 6) is 0.138. The van der Waals surface area contributed by atoms with Gasteiger partial charge in [0.15, 0.2) is 0 Å². The van der Waals surface area contributed by atoms with Crippen molar-refractivity contribution in [3.8, 4) is 0 Å². The number of ether oxygens (including phenoxy) is 2. The highest BCUT2D eigenvalue weighted by atomic mass is 16.6. The first-order valence-electron chi connectivity index (χ1n) is 5.79. The summed E-state index contributed by atoms with van der Waals surface area (Å²) >= 11 is 0. The maximum absolute atomic E-state index is 11.1. The number of carbonyl (C=O) groups excluding carboxylic acids is 1. The van der Waals surface area contributed by atoms with Crippen LogP contribution in [0, 0.1) is 5.92 Å². The molecule has 1 aliphatic rings. The number of nitrogens with one attached hydrogen (secondary N) is 1. The number of hydrogen-bond donors (Lipinski definition) is 1. The quantitative estimate of drug-likeness (QED) is 0.459. The van der Waals surface area contributed by atoms with Gasteiger partial charge in [-0.3, -0.25) is 4.79 Å². The maximum Gasteiger partial charge on any atom is 0.309 e. The van der Waals surface area contributed by atoms with E-state index in [4.69, 9.17) is 9.47 Å². The lowest BCUT2D eigenvalue weighted by Crippen LogP contribution is -2.21. The lowest BCUT2D eigenvalue weighted by molar-refractivity contribution is -0.146. The normalized spacial score (nSPS) is 15.3. The number of hydrogen-bond acceptors (Lipinski definition) is 4. The van der Waals surface area contributed by atoms with Crippen LogP contribution in [-0.2, 0) is 14.3 Å². The molecule has 1 N–H and O–H groups in total. The minimum absolute atomic E-state index is 0.0530. The Balaban J connectivity index is 1.74. The summed E-state index contributed by atoms with van der Waals surface area (Å²) < 4.78 is 10.3. The summed E-state index contributed by atoms with van der Waals surface area (Å²) in [6, 6.07) is 0. The molecule has 0 unspecified atom stereocenters. The van der Waals surface area contributed by atoms with Gasteiger partial charge >= 0.3 is 5.97 Å². The Labute approximate surface area is 91.3 Å². The molecule has 0 heterocycles. The topological polar surface area (TPSA) is 47.6 Å². The Morgan fingerprint density at radius 3 is 2.73 bits per heavy atom. The van der Waals surface area contributed by atoms with Crippen molar-refractivity contribution in [2.24, 2.45) is 5.92 Å². The highest BCUT2D eigenvalue weighted by Crippen LogP contribution is 2.29. The van der Waals surface area contributed by atoms with E-state index in [0.29, 0.717) is 19.8 Å². The molecule has 1 aliphatic carbocycles. The van der Waals surface area contributed by atoms with E-state index in [1.807, 2.05) is 0 Å². The third-order valence-electron chi connectivity index (χ3n) is 2.23. The van der Waals surface area contributed by atoms with Crippen LogP contribution >= 0.6 is 0 Å². The van der Waals surface area contributed by atoms with Gasteiger partial charge in [-0.25, -0.2) is 0 Å². The maximum atomic E-state index is 11.1. The van der Waals surface area contributed by atoms with Crippen LogP contribution in [0.25, 0.3) is 0 Å². The SMILES string of the molecule is CCCNCCOCCOC(=O)C1CC1. The zero-order chi connectivity index (χ0) is 10.9. The lowest BCUT2D eigenvalue weighted by Gasteiger charge is -2.06. The van der Waals surface area contributed by atoms with Crippen molar-refractivity contribution in [3.05, 3.63) is 0 Å². The Kier molecular flexibility index (Phi) is 6.36. The zero-order valence-corrected chi connectivity index (χ0v) is 9.46. The van der Waals surface area contributed by atoms with Gasteiger partial charge in [0, 0.05) is 6.54 Å². The highest BCUT2D eigenvalue weighted by molar-refractivity contribution is 5.74. The summed E-state index contributed by atoms with van der Waals surface area (Å²) in [5.41, 5.74) is 0. The average Bonchev–Trinajstić information content (AvgIpc) is 3.05. The molecule has 0 bridgehead atoms. The Hall–Kier alpha value is -0.610. The van der Waals surface area contributed by atoms with Crippen LogP contribution in [0.5, 0.6) is 0 Å². The number of esters is 1. The molecule has 0 aromatic heterocycles. The molecule has 1 saturated carbocycles. The third-order valence-corrected chi connectivity index (χ3v) is 2.23. The van der Waals surface area contributed by atoms with Crippen molar-refractivity contribution in [1.82, 2.24) is 5.32 Å². The van der Waals surface area contributed by atoms with Crippen LogP contribution in [-0.4, -0.2) is 38.9 Å². The summed E-state index contributed by atoms with van der Waals surface area (Å²) in [4.78, 5) is 11.1. The minimum Gasteiger partial charge on any atom is -0.463 e. The van der Waals surface area contributed by atoms with Gasteiger partial charge in [0.25, 0.3) is 0 Å². The summed E-state index contributed by atoms with van der Waals surface area (Å²) in [5, 5.41) is 3.23. The molecule has 0 radical (unpaired) electrons. The molecule has 15 heavy (non-hydrogen) atoms. The van der Waals surface area contributed by atoms with E-state index in [2.05, 4.69) is 12.2 Å². The molecular weight excluding hydrogens is 194 g/mol. The molecule has 1 rings (SSSR count). The van der Waals surface area contributed by atoms with E-state index >= 15 is 0 Å². The van der Waals surface area contributed by atoms with Crippen molar-refractivity contribution in [2.75, 3.05) is 32.9 Å². The van der Waals surface area contributed by atoms with Crippen molar-refractivity contribution in [2.45, 2.75) is 26.2 Å². The first-order valence-corrected chi connectivity index (χ1v) is 5.79. The molecule has 0 aromatic rings. The van der Waals surface area contributed by atoms with E-state index < -0.39 is 0 Å². The minimum atomic E-state index is -0.0530. The lowest BCUT2D eigenvalue weighted by atomic mass is 10.4. The fourth-order valence-electron chi connectivity index (χ4n) is 1.19. The Morgan fingerprint density at radius 2 is 2.07 bits per heavy atom. The van der Waals surface area contributed by atoms with Crippen LogP contribution in [0.3, 0.4) is 0 Å². The first-order chi connectivity index (χ1) is 7.34. The summed E-state index contributed by atoms with van der Waals surface area (Å²) in [6.07, 6.45) is 3.14. The van der Waals surface area contributed by atoms with E-state index in [-0.39, 0.29) is 11.9 Å². The van der Waals surface area contributed by atoms with E-state index in [9.17, 15) is 4.79 Å². The molecule has 4 nitrogen and oxygen atoms in total. The number of rotatable bonds is 9. The molecule has 88 valence electrons. The Bertz CT molecular complexity index is 181.